The summed E-state index contributed by atoms with van der Waals surface area (Å²) in [5.41, 5.74) is 1.20. The predicted molar refractivity (Wildman–Crippen MR) is 91.1 cm³/mol. The molecule has 0 spiro atoms. The number of anilines is 1. The number of benzene rings is 2. The van der Waals surface area contributed by atoms with Gasteiger partial charge in [0.1, 0.15) is 0 Å². The first-order valence-electron chi connectivity index (χ1n) is 7.27. The highest BCUT2D eigenvalue weighted by Gasteiger charge is 2.17. The summed E-state index contributed by atoms with van der Waals surface area (Å²) in [6.07, 6.45) is 0. The Balaban J connectivity index is 2.21. The van der Waals surface area contributed by atoms with Gasteiger partial charge in [-0.15, -0.1) is 0 Å². The zero-order valence-corrected chi connectivity index (χ0v) is 14.2. The van der Waals surface area contributed by atoms with Crippen molar-refractivity contribution >= 4 is 21.6 Å². The molecule has 23 heavy (non-hydrogen) atoms. The molecule has 0 fully saturated rings. The first-order valence-corrected chi connectivity index (χ1v) is 8.75. The van der Waals surface area contributed by atoms with Gasteiger partial charge in [-0.2, -0.15) is 0 Å². The van der Waals surface area contributed by atoms with Crippen molar-refractivity contribution in [1.82, 2.24) is 4.72 Å². The highest BCUT2D eigenvalue weighted by atomic mass is 32.2. The van der Waals surface area contributed by atoms with Crippen molar-refractivity contribution in [3.63, 3.8) is 0 Å². The zero-order valence-electron chi connectivity index (χ0n) is 13.4. The molecular weight excluding hydrogens is 312 g/mol. The van der Waals surface area contributed by atoms with E-state index in [2.05, 4.69) is 4.72 Å². The largest absolute Gasteiger partial charge is 0.311 e. The van der Waals surface area contributed by atoms with E-state index in [0.717, 1.165) is 5.69 Å². The zero-order chi connectivity index (χ0) is 17.0. The maximum atomic E-state index is 12.4. The maximum Gasteiger partial charge on any atom is 0.258 e. The molecule has 2 aromatic carbocycles. The molecule has 0 aromatic heterocycles. The molecule has 1 amide bonds. The summed E-state index contributed by atoms with van der Waals surface area (Å²) in [6.45, 7) is 3.51. The third-order valence-electron chi connectivity index (χ3n) is 3.25. The van der Waals surface area contributed by atoms with E-state index < -0.39 is 10.0 Å². The number of sulfonamides is 1. The van der Waals surface area contributed by atoms with Crippen LogP contribution in [0.25, 0.3) is 0 Å². The molecule has 0 aliphatic heterocycles. The van der Waals surface area contributed by atoms with Crippen LogP contribution >= 0.6 is 0 Å². The van der Waals surface area contributed by atoms with Gasteiger partial charge in [0.25, 0.3) is 5.91 Å². The van der Waals surface area contributed by atoms with Gasteiger partial charge in [0.15, 0.2) is 0 Å². The standard InChI is InChI=1S/C17H20N2O3S/c1-13(2)18-23(21,22)16-11-9-14(10-12-16)17(20)19(3)15-7-5-4-6-8-15/h4-13,18H,1-3H3. The van der Waals surface area contributed by atoms with E-state index in [1.807, 2.05) is 30.3 Å². The van der Waals surface area contributed by atoms with Crippen molar-refractivity contribution in [1.29, 1.82) is 0 Å². The Hall–Kier alpha value is -2.18. The first kappa shape index (κ1) is 17.2. The van der Waals surface area contributed by atoms with Gasteiger partial charge in [0.05, 0.1) is 4.90 Å². The minimum absolute atomic E-state index is 0.144. The fourth-order valence-electron chi connectivity index (χ4n) is 2.12. The molecule has 0 aliphatic carbocycles. The van der Waals surface area contributed by atoms with Crippen LogP contribution in [0.15, 0.2) is 59.5 Å². The van der Waals surface area contributed by atoms with E-state index in [0.29, 0.717) is 5.56 Å². The quantitative estimate of drug-likeness (QED) is 0.915. The summed E-state index contributed by atoms with van der Waals surface area (Å²) >= 11 is 0. The van der Waals surface area contributed by atoms with Gasteiger partial charge in [0.2, 0.25) is 10.0 Å². The molecule has 122 valence electrons. The minimum atomic E-state index is -3.55. The lowest BCUT2D eigenvalue weighted by molar-refractivity contribution is 0.0993. The molecule has 0 saturated carbocycles. The first-order chi connectivity index (χ1) is 10.8. The number of nitrogens with one attached hydrogen (secondary N) is 1. The van der Waals surface area contributed by atoms with Crippen LogP contribution in [-0.4, -0.2) is 27.4 Å². The maximum absolute atomic E-state index is 12.4. The molecule has 0 heterocycles. The highest BCUT2D eigenvalue weighted by molar-refractivity contribution is 7.89. The molecule has 0 aliphatic rings. The average molecular weight is 332 g/mol. The molecule has 2 rings (SSSR count). The molecule has 0 radical (unpaired) electrons. The summed E-state index contributed by atoms with van der Waals surface area (Å²) in [5.74, 6) is -0.197. The number of carbonyl (C=O) groups is 1. The lowest BCUT2D eigenvalue weighted by Crippen LogP contribution is -2.30. The second kappa shape index (κ2) is 6.93. The summed E-state index contributed by atoms with van der Waals surface area (Å²) < 4.78 is 26.7. The summed E-state index contributed by atoms with van der Waals surface area (Å²) in [4.78, 5) is 14.1. The fraction of sp³-hybridized carbons (Fsp3) is 0.235. The SMILES string of the molecule is CC(C)NS(=O)(=O)c1ccc(C(=O)N(C)c2ccccc2)cc1. The van der Waals surface area contributed by atoms with Crippen molar-refractivity contribution in [2.75, 3.05) is 11.9 Å². The molecule has 0 atom stereocenters. The molecule has 6 heteroatoms. The van der Waals surface area contributed by atoms with Crippen LogP contribution in [0, 0.1) is 0 Å². The van der Waals surface area contributed by atoms with Crippen molar-refractivity contribution in [3.05, 3.63) is 60.2 Å². The molecule has 0 saturated heterocycles. The monoisotopic (exact) mass is 332 g/mol. The Labute approximate surface area is 137 Å². The van der Waals surface area contributed by atoms with E-state index in [1.165, 1.54) is 29.2 Å². The van der Waals surface area contributed by atoms with Gasteiger partial charge in [0, 0.05) is 24.3 Å². The van der Waals surface area contributed by atoms with Crippen molar-refractivity contribution in [3.8, 4) is 0 Å². The second-order valence-electron chi connectivity index (χ2n) is 5.50. The van der Waals surface area contributed by atoms with Crippen LogP contribution in [0.5, 0.6) is 0 Å². The normalized spacial score (nSPS) is 11.5. The lowest BCUT2D eigenvalue weighted by Gasteiger charge is -2.17. The summed E-state index contributed by atoms with van der Waals surface area (Å²) in [5, 5.41) is 0. The van der Waals surface area contributed by atoms with E-state index in [-0.39, 0.29) is 16.8 Å². The Morgan fingerprint density at radius 1 is 1.00 bits per heavy atom. The topological polar surface area (TPSA) is 66.5 Å². The molecule has 0 bridgehead atoms. The van der Waals surface area contributed by atoms with Crippen LogP contribution in [0.2, 0.25) is 0 Å². The second-order valence-corrected chi connectivity index (χ2v) is 7.21. The van der Waals surface area contributed by atoms with Crippen LogP contribution in [0.1, 0.15) is 24.2 Å². The molecule has 5 nitrogen and oxygen atoms in total. The van der Waals surface area contributed by atoms with E-state index in [9.17, 15) is 13.2 Å². The van der Waals surface area contributed by atoms with Gasteiger partial charge in [-0.25, -0.2) is 13.1 Å². The highest BCUT2D eigenvalue weighted by Crippen LogP contribution is 2.17. The number of amides is 1. The summed E-state index contributed by atoms with van der Waals surface area (Å²) in [6, 6.07) is 15.0. The smallest absolute Gasteiger partial charge is 0.258 e. The number of para-hydroxylation sites is 1. The summed E-state index contributed by atoms with van der Waals surface area (Å²) in [7, 11) is -1.87. The van der Waals surface area contributed by atoms with Crippen molar-refractivity contribution in [2.24, 2.45) is 0 Å². The van der Waals surface area contributed by atoms with Gasteiger partial charge in [-0.3, -0.25) is 4.79 Å². The molecule has 2 aromatic rings. The third kappa shape index (κ3) is 4.18. The molecular formula is C17H20N2O3S. The van der Waals surface area contributed by atoms with Crippen LogP contribution < -0.4 is 9.62 Å². The number of nitrogens with zero attached hydrogens (tertiary/aromatic N) is 1. The Kier molecular flexibility index (Phi) is 5.18. The van der Waals surface area contributed by atoms with Gasteiger partial charge in [-0.05, 0) is 50.2 Å². The fourth-order valence-corrected chi connectivity index (χ4v) is 3.37. The Morgan fingerprint density at radius 3 is 2.09 bits per heavy atom. The van der Waals surface area contributed by atoms with E-state index >= 15 is 0 Å². The molecule has 0 unspecified atom stereocenters. The van der Waals surface area contributed by atoms with Crippen LogP contribution in [0.3, 0.4) is 0 Å². The van der Waals surface area contributed by atoms with Crippen molar-refractivity contribution in [2.45, 2.75) is 24.8 Å². The van der Waals surface area contributed by atoms with Gasteiger partial charge >= 0.3 is 0 Å². The van der Waals surface area contributed by atoms with E-state index in [1.54, 1.807) is 20.9 Å². The Morgan fingerprint density at radius 2 is 1.57 bits per heavy atom. The predicted octanol–water partition coefficient (Wildman–Crippen LogP) is 2.65. The van der Waals surface area contributed by atoms with Crippen molar-refractivity contribution < 1.29 is 13.2 Å². The van der Waals surface area contributed by atoms with Crippen LogP contribution in [-0.2, 0) is 10.0 Å². The van der Waals surface area contributed by atoms with Crippen LogP contribution in [0.4, 0.5) is 5.69 Å². The number of carbonyl (C=O) groups excluding carboxylic acids is 1. The lowest BCUT2D eigenvalue weighted by atomic mass is 10.2. The Bertz CT molecular complexity index is 769. The molecule has 1 N–H and O–H groups in total. The number of rotatable bonds is 5. The van der Waals surface area contributed by atoms with E-state index in [4.69, 9.17) is 0 Å². The average Bonchev–Trinajstić information content (AvgIpc) is 2.53. The van der Waals surface area contributed by atoms with Gasteiger partial charge in [-0.1, -0.05) is 18.2 Å². The third-order valence-corrected chi connectivity index (χ3v) is 4.93. The van der Waals surface area contributed by atoms with Gasteiger partial charge < -0.3 is 4.90 Å². The number of hydrogen-bond donors (Lipinski definition) is 1. The minimum Gasteiger partial charge on any atom is -0.311 e. The number of hydrogen-bond acceptors (Lipinski definition) is 3.